The van der Waals surface area contributed by atoms with E-state index in [9.17, 15) is 22.0 Å². The van der Waals surface area contributed by atoms with Crippen LogP contribution in [0.15, 0.2) is 65.6 Å². The van der Waals surface area contributed by atoms with E-state index < -0.39 is 27.6 Å². The summed E-state index contributed by atoms with van der Waals surface area (Å²) in [4.78, 5) is 12.4. The van der Waals surface area contributed by atoms with E-state index in [4.69, 9.17) is 23.2 Å². The fraction of sp³-hybridized carbons (Fsp3) is 0. The number of carbonyl (C=O) groups excluding carboxylic acids is 1. The van der Waals surface area contributed by atoms with Crippen molar-refractivity contribution >= 4 is 50.5 Å². The largest absolute Gasteiger partial charge is 0.322 e. The van der Waals surface area contributed by atoms with Crippen LogP contribution in [0.5, 0.6) is 0 Å². The first-order valence-corrected chi connectivity index (χ1v) is 10.2. The Hall–Kier alpha value is -2.68. The Bertz CT molecular complexity index is 1190. The van der Waals surface area contributed by atoms with Gasteiger partial charge in [0.2, 0.25) is 0 Å². The molecule has 0 atom stereocenters. The molecule has 0 saturated carbocycles. The summed E-state index contributed by atoms with van der Waals surface area (Å²) < 4.78 is 54.2. The van der Waals surface area contributed by atoms with Gasteiger partial charge in [-0.25, -0.2) is 17.2 Å². The fourth-order valence-corrected chi connectivity index (χ4v) is 3.84. The van der Waals surface area contributed by atoms with Gasteiger partial charge in [-0.3, -0.25) is 9.52 Å². The Labute approximate surface area is 175 Å². The third kappa shape index (κ3) is 5.03. The Kier molecular flexibility index (Phi) is 6.07. The van der Waals surface area contributed by atoms with Crippen molar-refractivity contribution in [2.24, 2.45) is 0 Å². The summed E-state index contributed by atoms with van der Waals surface area (Å²) in [6.45, 7) is 0. The molecule has 0 heterocycles. The maximum absolute atomic E-state index is 13.7. The molecule has 0 unspecified atom stereocenters. The van der Waals surface area contributed by atoms with Crippen molar-refractivity contribution in [1.82, 2.24) is 0 Å². The third-order valence-corrected chi connectivity index (χ3v) is 5.88. The lowest BCUT2D eigenvalue weighted by Gasteiger charge is -2.13. The Morgan fingerprint density at radius 2 is 1.48 bits per heavy atom. The first kappa shape index (κ1) is 21.0. The van der Waals surface area contributed by atoms with Crippen molar-refractivity contribution < 1.29 is 22.0 Å². The Morgan fingerprint density at radius 3 is 2.14 bits per heavy atom. The molecule has 29 heavy (non-hydrogen) atoms. The van der Waals surface area contributed by atoms with E-state index in [1.54, 1.807) is 0 Å². The van der Waals surface area contributed by atoms with Gasteiger partial charge in [-0.15, -0.1) is 0 Å². The van der Waals surface area contributed by atoms with E-state index in [1.165, 1.54) is 24.3 Å². The van der Waals surface area contributed by atoms with Gasteiger partial charge in [0.05, 0.1) is 26.2 Å². The third-order valence-electron chi connectivity index (χ3n) is 3.77. The molecule has 0 aliphatic carbocycles. The zero-order valence-corrected chi connectivity index (χ0v) is 16.7. The Morgan fingerprint density at radius 1 is 0.828 bits per heavy atom. The molecule has 0 saturated heterocycles. The first-order chi connectivity index (χ1) is 13.7. The topological polar surface area (TPSA) is 75.3 Å². The lowest BCUT2D eigenvalue weighted by Crippen LogP contribution is -2.19. The number of carbonyl (C=O) groups is 1. The minimum absolute atomic E-state index is 0.0305. The molecule has 3 aromatic rings. The molecule has 0 aromatic heterocycles. The van der Waals surface area contributed by atoms with Crippen LogP contribution in [0.1, 0.15) is 10.4 Å². The van der Waals surface area contributed by atoms with Crippen molar-refractivity contribution in [2.45, 2.75) is 4.90 Å². The lowest BCUT2D eigenvalue weighted by molar-refractivity contribution is 0.102. The van der Waals surface area contributed by atoms with Crippen LogP contribution in [0.25, 0.3) is 0 Å². The number of sulfonamides is 1. The molecule has 0 aliphatic heterocycles. The van der Waals surface area contributed by atoms with E-state index in [0.717, 1.165) is 36.4 Å². The molecule has 2 N–H and O–H groups in total. The normalized spacial score (nSPS) is 11.2. The van der Waals surface area contributed by atoms with Crippen molar-refractivity contribution in [3.63, 3.8) is 0 Å². The average molecular weight is 457 g/mol. The monoisotopic (exact) mass is 456 g/mol. The molecular weight excluding hydrogens is 445 g/mol. The smallest absolute Gasteiger partial charge is 0.261 e. The van der Waals surface area contributed by atoms with Gasteiger partial charge < -0.3 is 5.32 Å². The van der Waals surface area contributed by atoms with Crippen LogP contribution < -0.4 is 10.0 Å². The highest BCUT2D eigenvalue weighted by Gasteiger charge is 2.20. The fourth-order valence-electron chi connectivity index (χ4n) is 2.37. The van der Waals surface area contributed by atoms with E-state index in [1.807, 2.05) is 0 Å². The molecular formula is C19H12Cl2F2N2O3S. The van der Waals surface area contributed by atoms with Gasteiger partial charge in [0, 0.05) is 5.69 Å². The zero-order valence-electron chi connectivity index (χ0n) is 14.4. The number of amides is 1. The summed E-state index contributed by atoms with van der Waals surface area (Å²) >= 11 is 11.7. The summed E-state index contributed by atoms with van der Waals surface area (Å²) in [5.74, 6) is -2.03. The van der Waals surface area contributed by atoms with Gasteiger partial charge in [0.1, 0.15) is 11.6 Å². The van der Waals surface area contributed by atoms with Gasteiger partial charge in [0.25, 0.3) is 15.9 Å². The molecule has 0 spiro atoms. The van der Waals surface area contributed by atoms with Crippen LogP contribution in [-0.4, -0.2) is 14.3 Å². The molecule has 10 heteroatoms. The molecule has 3 rings (SSSR count). The van der Waals surface area contributed by atoms with Crippen LogP contribution in [0.3, 0.4) is 0 Å². The molecule has 0 bridgehead atoms. The van der Waals surface area contributed by atoms with E-state index in [-0.39, 0.29) is 31.9 Å². The van der Waals surface area contributed by atoms with Crippen molar-refractivity contribution in [3.05, 3.63) is 87.9 Å². The predicted octanol–water partition coefficient (Wildman–Crippen LogP) is 5.32. The molecule has 3 aromatic carbocycles. The molecule has 0 fully saturated rings. The van der Waals surface area contributed by atoms with Gasteiger partial charge in [-0.2, -0.15) is 0 Å². The van der Waals surface area contributed by atoms with Crippen molar-refractivity contribution in [2.75, 3.05) is 10.0 Å². The second kappa shape index (κ2) is 8.36. The number of anilines is 2. The number of halogens is 4. The quantitative estimate of drug-likeness (QED) is 0.544. The first-order valence-electron chi connectivity index (χ1n) is 8.00. The van der Waals surface area contributed by atoms with Gasteiger partial charge in [-0.1, -0.05) is 23.2 Å². The van der Waals surface area contributed by atoms with Crippen LogP contribution in [0, 0.1) is 11.6 Å². The van der Waals surface area contributed by atoms with E-state index in [0.29, 0.717) is 0 Å². The SMILES string of the molecule is O=C(Nc1ccc(F)cc1)c1cc(F)ccc1NS(=O)(=O)c1ccc(Cl)c(Cl)c1. The van der Waals surface area contributed by atoms with Crippen molar-refractivity contribution in [1.29, 1.82) is 0 Å². The average Bonchev–Trinajstić information content (AvgIpc) is 2.67. The zero-order chi connectivity index (χ0) is 21.2. The summed E-state index contributed by atoms with van der Waals surface area (Å²) in [6, 6.07) is 11.6. The summed E-state index contributed by atoms with van der Waals surface area (Å²) in [6.07, 6.45) is 0. The second-order valence-corrected chi connectivity index (χ2v) is 8.33. The van der Waals surface area contributed by atoms with E-state index >= 15 is 0 Å². The molecule has 5 nitrogen and oxygen atoms in total. The number of hydrogen-bond acceptors (Lipinski definition) is 3. The van der Waals surface area contributed by atoms with Crippen LogP contribution >= 0.6 is 23.2 Å². The minimum atomic E-state index is -4.15. The second-order valence-electron chi connectivity index (χ2n) is 5.83. The highest BCUT2D eigenvalue weighted by molar-refractivity contribution is 7.92. The maximum atomic E-state index is 13.7. The minimum Gasteiger partial charge on any atom is -0.322 e. The molecule has 0 radical (unpaired) electrons. The Balaban J connectivity index is 1.92. The molecule has 150 valence electrons. The highest BCUT2D eigenvalue weighted by Crippen LogP contribution is 2.27. The van der Waals surface area contributed by atoms with Gasteiger partial charge in [0.15, 0.2) is 0 Å². The summed E-state index contributed by atoms with van der Waals surface area (Å²) in [5.41, 5.74) is -0.172. The van der Waals surface area contributed by atoms with Crippen LogP contribution in [0.4, 0.5) is 20.2 Å². The van der Waals surface area contributed by atoms with E-state index in [2.05, 4.69) is 10.0 Å². The highest BCUT2D eigenvalue weighted by atomic mass is 35.5. The lowest BCUT2D eigenvalue weighted by atomic mass is 10.1. The van der Waals surface area contributed by atoms with Gasteiger partial charge in [-0.05, 0) is 60.7 Å². The predicted molar refractivity (Wildman–Crippen MR) is 108 cm³/mol. The summed E-state index contributed by atoms with van der Waals surface area (Å²) in [5, 5.41) is 2.65. The number of rotatable bonds is 5. The van der Waals surface area contributed by atoms with Gasteiger partial charge >= 0.3 is 0 Å². The number of hydrogen-bond donors (Lipinski definition) is 2. The number of nitrogens with one attached hydrogen (secondary N) is 2. The summed E-state index contributed by atoms with van der Waals surface area (Å²) in [7, 11) is -4.15. The molecule has 0 aliphatic rings. The van der Waals surface area contributed by atoms with Crippen LogP contribution in [0.2, 0.25) is 10.0 Å². The maximum Gasteiger partial charge on any atom is 0.261 e. The number of benzene rings is 3. The molecule has 1 amide bonds. The van der Waals surface area contributed by atoms with Crippen molar-refractivity contribution in [3.8, 4) is 0 Å². The van der Waals surface area contributed by atoms with Crippen LogP contribution in [-0.2, 0) is 10.0 Å². The standard InChI is InChI=1S/C19H12Cl2F2N2O3S/c20-16-7-6-14(10-17(16)21)29(27,28)25-18-8-3-12(23)9-15(18)19(26)24-13-4-1-11(22)2-5-13/h1-10,25H,(H,24,26).